The quantitative estimate of drug-likeness (QED) is 0.809. The van der Waals surface area contributed by atoms with Crippen molar-refractivity contribution in [3.8, 4) is 0 Å². The maximum Gasteiger partial charge on any atom is 0.252 e. The van der Waals surface area contributed by atoms with Gasteiger partial charge in [-0.05, 0) is 24.3 Å². The van der Waals surface area contributed by atoms with Crippen LogP contribution < -0.4 is 10.6 Å². The number of carbonyl (C=O) groups is 1. The summed E-state index contributed by atoms with van der Waals surface area (Å²) in [5.41, 5.74) is 0.494. The molecule has 112 valence electrons. The fraction of sp³-hybridized carbons (Fsp3) is 0.600. The van der Waals surface area contributed by atoms with E-state index in [0.717, 1.165) is 13.0 Å². The fourth-order valence-electron chi connectivity index (χ4n) is 1.53. The average molecular weight is 298 g/mol. The predicted octanol–water partition coefficient (Wildman–Crippen LogP) is 3.58. The lowest BCUT2D eigenvalue weighted by molar-refractivity contribution is 0.0944. The number of halogens is 1. The van der Waals surface area contributed by atoms with Gasteiger partial charge in [0, 0.05) is 19.3 Å². The third-order valence-corrected chi connectivity index (χ3v) is 3.66. The summed E-state index contributed by atoms with van der Waals surface area (Å²) in [6.45, 7) is 9.94. The molecule has 0 saturated heterocycles. The molecule has 4 nitrogen and oxygen atoms in total. The van der Waals surface area contributed by atoms with E-state index >= 15 is 0 Å². The minimum Gasteiger partial charge on any atom is -0.369 e. The largest absolute Gasteiger partial charge is 0.369 e. The number of carbonyl (C=O) groups excluding carboxylic acids is 1. The number of hydrogen-bond acceptors (Lipinski definition) is 3. The average Bonchev–Trinajstić information content (AvgIpc) is 2.42. The van der Waals surface area contributed by atoms with Crippen LogP contribution in [0.2, 0.25) is 5.02 Å². The highest BCUT2D eigenvalue weighted by atomic mass is 35.5. The monoisotopic (exact) mass is 297 g/mol. The van der Waals surface area contributed by atoms with Crippen molar-refractivity contribution in [1.82, 2.24) is 10.3 Å². The van der Waals surface area contributed by atoms with Gasteiger partial charge in [0.05, 0.1) is 10.6 Å². The van der Waals surface area contributed by atoms with E-state index in [4.69, 9.17) is 11.6 Å². The Hall–Kier alpha value is -1.29. The number of hydrogen-bond donors (Lipinski definition) is 2. The Morgan fingerprint density at radius 3 is 2.65 bits per heavy atom. The van der Waals surface area contributed by atoms with E-state index in [1.165, 1.54) is 0 Å². The van der Waals surface area contributed by atoms with Gasteiger partial charge in [-0.15, -0.1) is 0 Å². The van der Waals surface area contributed by atoms with Crippen molar-refractivity contribution in [1.29, 1.82) is 0 Å². The van der Waals surface area contributed by atoms with E-state index in [2.05, 4.69) is 43.3 Å². The molecule has 1 aromatic rings. The second-order valence-corrected chi connectivity index (χ2v) is 5.82. The van der Waals surface area contributed by atoms with E-state index in [9.17, 15) is 4.79 Å². The number of pyridine rings is 1. The molecular weight excluding hydrogens is 274 g/mol. The van der Waals surface area contributed by atoms with Crippen LogP contribution in [0.3, 0.4) is 0 Å². The van der Waals surface area contributed by atoms with E-state index in [0.29, 0.717) is 34.8 Å². The van der Waals surface area contributed by atoms with Gasteiger partial charge in [-0.2, -0.15) is 0 Å². The van der Waals surface area contributed by atoms with Crippen LogP contribution in [0.15, 0.2) is 12.3 Å². The Morgan fingerprint density at radius 2 is 2.10 bits per heavy atom. The lowest BCUT2D eigenvalue weighted by Crippen LogP contribution is -2.30. The van der Waals surface area contributed by atoms with Gasteiger partial charge in [0.15, 0.2) is 0 Å². The van der Waals surface area contributed by atoms with E-state index in [1.807, 2.05) is 0 Å². The lowest BCUT2D eigenvalue weighted by atomic mass is 9.98. The van der Waals surface area contributed by atoms with Crippen molar-refractivity contribution in [2.45, 2.75) is 34.1 Å². The summed E-state index contributed by atoms with van der Waals surface area (Å²) < 4.78 is 0. The molecule has 0 radical (unpaired) electrons. The van der Waals surface area contributed by atoms with E-state index in [-0.39, 0.29) is 5.91 Å². The van der Waals surface area contributed by atoms with Gasteiger partial charge in [-0.25, -0.2) is 4.98 Å². The van der Waals surface area contributed by atoms with Gasteiger partial charge in [-0.3, -0.25) is 4.79 Å². The van der Waals surface area contributed by atoms with Gasteiger partial charge in [0.25, 0.3) is 5.91 Å². The molecule has 1 atom stereocenters. The van der Waals surface area contributed by atoms with Gasteiger partial charge < -0.3 is 10.6 Å². The molecule has 1 unspecified atom stereocenters. The highest BCUT2D eigenvalue weighted by Crippen LogP contribution is 2.20. The first-order valence-electron chi connectivity index (χ1n) is 7.13. The van der Waals surface area contributed by atoms with Gasteiger partial charge >= 0.3 is 0 Å². The Bertz CT molecular complexity index is 449. The first kappa shape index (κ1) is 16.8. The van der Waals surface area contributed by atoms with Gasteiger partial charge in [0.1, 0.15) is 5.82 Å². The molecule has 0 bridgehead atoms. The van der Waals surface area contributed by atoms with Crippen LogP contribution in [0.5, 0.6) is 0 Å². The molecule has 1 rings (SSSR count). The smallest absolute Gasteiger partial charge is 0.252 e. The molecule has 0 aliphatic rings. The van der Waals surface area contributed by atoms with Crippen LogP contribution in [-0.4, -0.2) is 24.0 Å². The minimum atomic E-state index is -0.131. The number of nitrogens with zero attached hydrogens (tertiary/aromatic N) is 1. The molecule has 20 heavy (non-hydrogen) atoms. The minimum absolute atomic E-state index is 0.131. The van der Waals surface area contributed by atoms with Crippen LogP contribution in [0.4, 0.5) is 5.82 Å². The SMILES string of the molecule is CCCNc1ncc(C(=O)NCC(C)C(C)C)cc1Cl. The molecule has 0 aliphatic carbocycles. The molecule has 0 aromatic carbocycles. The summed E-state index contributed by atoms with van der Waals surface area (Å²) in [5.74, 6) is 1.47. The Balaban J connectivity index is 2.63. The number of aromatic nitrogens is 1. The fourth-order valence-corrected chi connectivity index (χ4v) is 1.76. The number of rotatable bonds is 7. The van der Waals surface area contributed by atoms with Crippen molar-refractivity contribution in [2.75, 3.05) is 18.4 Å². The molecular formula is C15H24ClN3O. The summed E-state index contributed by atoms with van der Waals surface area (Å²) >= 11 is 6.12. The Kier molecular flexibility index (Phi) is 6.79. The topological polar surface area (TPSA) is 54.0 Å². The van der Waals surface area contributed by atoms with Crippen LogP contribution >= 0.6 is 11.6 Å². The molecule has 1 aromatic heterocycles. The van der Waals surface area contributed by atoms with Crippen LogP contribution in [0, 0.1) is 11.8 Å². The molecule has 5 heteroatoms. The zero-order valence-corrected chi connectivity index (χ0v) is 13.4. The lowest BCUT2D eigenvalue weighted by Gasteiger charge is -2.16. The predicted molar refractivity (Wildman–Crippen MR) is 84.4 cm³/mol. The zero-order valence-electron chi connectivity index (χ0n) is 12.7. The summed E-state index contributed by atoms with van der Waals surface area (Å²) in [7, 11) is 0. The zero-order chi connectivity index (χ0) is 15.1. The van der Waals surface area contributed by atoms with Gasteiger partial charge in [0.2, 0.25) is 0 Å². The molecule has 1 amide bonds. The Labute approximate surface area is 126 Å². The third kappa shape index (κ3) is 5.00. The number of nitrogens with one attached hydrogen (secondary N) is 2. The van der Waals surface area contributed by atoms with Crippen molar-refractivity contribution >= 4 is 23.3 Å². The van der Waals surface area contributed by atoms with Crippen molar-refractivity contribution in [3.63, 3.8) is 0 Å². The first-order chi connectivity index (χ1) is 9.45. The second kappa shape index (κ2) is 8.10. The molecule has 0 spiro atoms. The van der Waals surface area contributed by atoms with Crippen LogP contribution in [0.25, 0.3) is 0 Å². The highest BCUT2D eigenvalue weighted by Gasteiger charge is 2.12. The maximum atomic E-state index is 12.0. The molecule has 0 fully saturated rings. The molecule has 1 heterocycles. The summed E-state index contributed by atoms with van der Waals surface area (Å²) in [6, 6.07) is 1.65. The maximum absolute atomic E-state index is 12.0. The van der Waals surface area contributed by atoms with Crippen LogP contribution in [0.1, 0.15) is 44.5 Å². The molecule has 0 saturated carbocycles. The van der Waals surface area contributed by atoms with Crippen molar-refractivity contribution < 1.29 is 4.79 Å². The standard InChI is InChI=1S/C15H24ClN3O/c1-5-6-17-14-13(16)7-12(9-18-14)15(20)19-8-11(4)10(2)3/h7,9-11H,5-6,8H2,1-4H3,(H,17,18)(H,19,20). The van der Waals surface area contributed by atoms with E-state index in [1.54, 1.807) is 12.3 Å². The summed E-state index contributed by atoms with van der Waals surface area (Å²) in [4.78, 5) is 16.2. The number of amides is 1. The third-order valence-electron chi connectivity index (χ3n) is 3.37. The van der Waals surface area contributed by atoms with Crippen molar-refractivity contribution in [3.05, 3.63) is 22.8 Å². The second-order valence-electron chi connectivity index (χ2n) is 5.41. The first-order valence-corrected chi connectivity index (χ1v) is 7.51. The normalized spacial score (nSPS) is 12.3. The number of anilines is 1. The summed E-state index contributed by atoms with van der Waals surface area (Å²) in [6.07, 6.45) is 2.55. The molecule has 2 N–H and O–H groups in total. The molecule has 0 aliphatic heterocycles. The van der Waals surface area contributed by atoms with Crippen LogP contribution in [-0.2, 0) is 0 Å². The van der Waals surface area contributed by atoms with E-state index < -0.39 is 0 Å². The Morgan fingerprint density at radius 1 is 1.40 bits per heavy atom. The van der Waals surface area contributed by atoms with Gasteiger partial charge in [-0.1, -0.05) is 39.3 Å². The summed E-state index contributed by atoms with van der Waals surface area (Å²) in [5, 5.41) is 6.51. The highest BCUT2D eigenvalue weighted by molar-refractivity contribution is 6.33. The van der Waals surface area contributed by atoms with Crippen molar-refractivity contribution in [2.24, 2.45) is 11.8 Å².